The molecule has 1 aliphatic carbocycles. The Morgan fingerprint density at radius 3 is 1.29 bits per heavy atom. The van der Waals surface area contributed by atoms with Crippen LogP contribution in [0.1, 0.15) is 54.5 Å². The molecule has 1 saturated carbocycles. The average Bonchev–Trinajstić information content (AvgIpc) is 3.34. The van der Waals surface area contributed by atoms with Gasteiger partial charge in [-0.15, -0.1) is 0 Å². The van der Waals surface area contributed by atoms with E-state index < -0.39 is 16.1 Å². The second kappa shape index (κ2) is 10.8. The molecule has 2 unspecified atom stereocenters. The standard InChI is InChI=1S/C32H33NP2/c1-5-14-26(15-6-1)31-24-25-32(27-16-7-2-8-17-27)35(31)33(28-18-13-19-28)34(29-20-9-3-10-21-29)30-22-11-4-12-23-30/h1-12,14-17,20-23,28,31-32H,13,18-19,24-25H2. The molecule has 2 fully saturated rings. The van der Waals surface area contributed by atoms with Crippen LogP contribution in [-0.4, -0.2) is 10.5 Å². The molecule has 0 bridgehead atoms. The summed E-state index contributed by atoms with van der Waals surface area (Å²) < 4.78 is 3.10. The molecule has 1 aliphatic heterocycles. The molecular formula is C32H33NP2. The summed E-state index contributed by atoms with van der Waals surface area (Å²) in [5.41, 5.74) is 4.32. The van der Waals surface area contributed by atoms with Gasteiger partial charge >= 0.3 is 0 Å². The summed E-state index contributed by atoms with van der Waals surface area (Å²) in [6.45, 7) is 0. The first-order valence-electron chi connectivity index (χ1n) is 13.0. The lowest BCUT2D eigenvalue weighted by molar-refractivity contribution is 0.314. The fourth-order valence-electron chi connectivity index (χ4n) is 5.67. The van der Waals surface area contributed by atoms with Crippen molar-refractivity contribution in [3.8, 4) is 0 Å². The van der Waals surface area contributed by atoms with E-state index in [2.05, 4.69) is 126 Å². The summed E-state index contributed by atoms with van der Waals surface area (Å²) >= 11 is 0. The van der Waals surface area contributed by atoms with Crippen LogP contribution in [0.3, 0.4) is 0 Å². The van der Waals surface area contributed by atoms with Crippen LogP contribution in [0.15, 0.2) is 121 Å². The normalized spacial score (nSPS) is 22.4. The highest BCUT2D eigenvalue weighted by atomic mass is 31.2. The molecule has 0 radical (unpaired) electrons. The van der Waals surface area contributed by atoms with Gasteiger partial charge < -0.3 is 0 Å². The molecule has 176 valence electrons. The molecule has 4 aromatic carbocycles. The first-order valence-corrected chi connectivity index (χ1v) is 15.7. The highest BCUT2D eigenvalue weighted by Crippen LogP contribution is 2.77. The smallest absolute Gasteiger partial charge is 0.0321 e. The zero-order valence-electron chi connectivity index (χ0n) is 20.2. The van der Waals surface area contributed by atoms with Crippen LogP contribution in [0.5, 0.6) is 0 Å². The van der Waals surface area contributed by atoms with Crippen molar-refractivity contribution in [3.63, 3.8) is 0 Å². The Hall–Kier alpha value is -2.30. The third kappa shape index (κ3) is 4.75. The van der Waals surface area contributed by atoms with Gasteiger partial charge in [0.1, 0.15) is 0 Å². The van der Waals surface area contributed by atoms with E-state index in [1.54, 1.807) is 0 Å². The van der Waals surface area contributed by atoms with Gasteiger partial charge in [-0.2, -0.15) is 0 Å². The maximum atomic E-state index is 3.10. The van der Waals surface area contributed by atoms with Gasteiger partial charge in [-0.3, -0.25) is 0 Å². The van der Waals surface area contributed by atoms with Crippen molar-refractivity contribution < 1.29 is 0 Å². The van der Waals surface area contributed by atoms with Crippen molar-refractivity contribution in [2.45, 2.75) is 49.5 Å². The summed E-state index contributed by atoms with van der Waals surface area (Å²) in [6, 6.07) is 46.3. The van der Waals surface area contributed by atoms with E-state index in [1.165, 1.54) is 53.8 Å². The SMILES string of the molecule is c1ccc(C2CCC(c3ccccc3)P2N(C2CCC2)P(c2ccccc2)c2ccccc2)cc1. The summed E-state index contributed by atoms with van der Waals surface area (Å²) in [7, 11) is -0.998. The van der Waals surface area contributed by atoms with Gasteiger partial charge in [0, 0.05) is 25.4 Å². The Kier molecular flexibility index (Phi) is 7.11. The van der Waals surface area contributed by atoms with Gasteiger partial charge in [0.15, 0.2) is 0 Å². The van der Waals surface area contributed by atoms with Gasteiger partial charge in [0.2, 0.25) is 0 Å². The number of hydrogen-bond donors (Lipinski definition) is 0. The molecule has 4 aromatic rings. The van der Waals surface area contributed by atoms with Crippen LogP contribution >= 0.6 is 16.1 Å². The van der Waals surface area contributed by atoms with Crippen LogP contribution in [0.25, 0.3) is 0 Å². The van der Waals surface area contributed by atoms with E-state index in [0.717, 1.165) is 0 Å². The lowest BCUT2D eigenvalue weighted by Crippen LogP contribution is -2.38. The lowest BCUT2D eigenvalue weighted by atomic mass is 9.94. The Morgan fingerprint density at radius 1 is 0.514 bits per heavy atom. The molecule has 0 N–H and O–H groups in total. The Labute approximate surface area is 212 Å². The summed E-state index contributed by atoms with van der Waals surface area (Å²) in [5, 5.41) is 2.99. The predicted molar refractivity (Wildman–Crippen MR) is 153 cm³/mol. The quantitative estimate of drug-likeness (QED) is 0.233. The Morgan fingerprint density at radius 2 is 0.914 bits per heavy atom. The molecule has 2 aliphatic rings. The highest BCUT2D eigenvalue weighted by Gasteiger charge is 2.47. The van der Waals surface area contributed by atoms with Gasteiger partial charge in [-0.05, 0) is 55.5 Å². The van der Waals surface area contributed by atoms with Crippen LogP contribution in [0.4, 0.5) is 0 Å². The van der Waals surface area contributed by atoms with Crippen LogP contribution < -0.4 is 10.6 Å². The van der Waals surface area contributed by atoms with Crippen molar-refractivity contribution >= 4 is 26.8 Å². The van der Waals surface area contributed by atoms with E-state index >= 15 is 0 Å². The van der Waals surface area contributed by atoms with E-state index in [-0.39, 0.29) is 0 Å². The molecule has 0 spiro atoms. The van der Waals surface area contributed by atoms with Crippen LogP contribution in [0.2, 0.25) is 0 Å². The third-order valence-corrected chi connectivity index (χ3v) is 14.2. The van der Waals surface area contributed by atoms with E-state index in [1.807, 2.05) is 0 Å². The van der Waals surface area contributed by atoms with Crippen LogP contribution in [0, 0.1) is 0 Å². The van der Waals surface area contributed by atoms with Gasteiger partial charge in [-0.1, -0.05) is 128 Å². The first-order chi connectivity index (χ1) is 17.4. The van der Waals surface area contributed by atoms with Crippen LogP contribution in [-0.2, 0) is 0 Å². The largest absolute Gasteiger partial charge is 0.248 e. The summed E-state index contributed by atoms with van der Waals surface area (Å²) in [6.07, 6.45) is 6.60. The predicted octanol–water partition coefficient (Wildman–Crippen LogP) is 8.56. The molecule has 3 heteroatoms. The second-order valence-electron chi connectivity index (χ2n) is 9.70. The number of nitrogens with zero attached hydrogens (tertiary/aromatic N) is 1. The van der Waals surface area contributed by atoms with Gasteiger partial charge in [0.25, 0.3) is 0 Å². The number of rotatable bonds is 7. The van der Waals surface area contributed by atoms with Gasteiger partial charge in [0.05, 0.1) is 0 Å². The fourth-order valence-corrected chi connectivity index (χ4v) is 13.5. The second-order valence-corrected chi connectivity index (χ2v) is 14.5. The minimum absolute atomic E-state index is 0.406. The minimum atomic E-state index is -0.591. The topological polar surface area (TPSA) is 3.24 Å². The summed E-state index contributed by atoms with van der Waals surface area (Å²) in [5.74, 6) is 0. The van der Waals surface area contributed by atoms with Crippen molar-refractivity contribution in [2.75, 3.05) is 0 Å². The average molecular weight is 494 g/mol. The van der Waals surface area contributed by atoms with Crippen molar-refractivity contribution in [3.05, 3.63) is 132 Å². The van der Waals surface area contributed by atoms with E-state index in [0.29, 0.717) is 17.4 Å². The number of hydrogen-bond acceptors (Lipinski definition) is 1. The molecule has 0 aromatic heterocycles. The maximum Gasteiger partial charge on any atom is 0.0321 e. The van der Waals surface area contributed by atoms with Crippen molar-refractivity contribution in [1.29, 1.82) is 0 Å². The molecule has 6 rings (SSSR count). The molecule has 35 heavy (non-hydrogen) atoms. The minimum Gasteiger partial charge on any atom is -0.248 e. The Bertz CT molecular complexity index is 1110. The zero-order chi connectivity index (χ0) is 23.5. The number of benzene rings is 4. The van der Waals surface area contributed by atoms with Gasteiger partial charge in [-0.25, -0.2) is 4.44 Å². The monoisotopic (exact) mass is 493 g/mol. The highest BCUT2D eigenvalue weighted by molar-refractivity contribution is 7.79. The molecule has 1 heterocycles. The third-order valence-electron chi connectivity index (χ3n) is 7.57. The van der Waals surface area contributed by atoms with E-state index in [4.69, 9.17) is 0 Å². The molecule has 1 nitrogen and oxygen atoms in total. The molecule has 2 atom stereocenters. The van der Waals surface area contributed by atoms with Crippen molar-refractivity contribution in [2.24, 2.45) is 0 Å². The molecule has 0 amide bonds. The van der Waals surface area contributed by atoms with Crippen molar-refractivity contribution in [1.82, 2.24) is 4.44 Å². The zero-order valence-corrected chi connectivity index (χ0v) is 21.9. The molecule has 1 saturated heterocycles. The maximum absolute atomic E-state index is 3.10. The Balaban J connectivity index is 1.52. The fraction of sp³-hybridized carbons (Fsp3) is 0.250. The lowest BCUT2D eigenvalue weighted by Gasteiger charge is -2.49. The van der Waals surface area contributed by atoms with E-state index in [9.17, 15) is 0 Å². The summed E-state index contributed by atoms with van der Waals surface area (Å²) in [4.78, 5) is 0. The molecular weight excluding hydrogens is 460 g/mol. The first kappa shape index (κ1) is 23.1.